The molecule has 1 amide bonds. The smallest absolute Gasteiger partial charge is 0.257 e. The van der Waals surface area contributed by atoms with Gasteiger partial charge in [-0.1, -0.05) is 22.8 Å². The van der Waals surface area contributed by atoms with Gasteiger partial charge in [0.1, 0.15) is 11.5 Å². The second-order valence-corrected chi connectivity index (χ2v) is 4.70. The molecule has 6 heteroatoms. The number of anilines is 1. The van der Waals surface area contributed by atoms with Crippen LogP contribution in [0.25, 0.3) is 0 Å². The lowest BCUT2D eigenvalue weighted by molar-refractivity contribution is 0.0783. The first-order valence-corrected chi connectivity index (χ1v) is 6.08. The van der Waals surface area contributed by atoms with Crippen molar-refractivity contribution in [2.75, 3.05) is 12.8 Å². The molecule has 100 valence electrons. The lowest BCUT2D eigenvalue weighted by atomic mass is 10.1. The number of carbonyl (C=O) groups excluding carboxylic acids is 1. The molecule has 2 rings (SSSR count). The van der Waals surface area contributed by atoms with Crippen LogP contribution in [0.5, 0.6) is 0 Å². The topological polar surface area (TPSA) is 72.4 Å². The molecule has 0 unspecified atom stereocenters. The molecule has 0 aliphatic rings. The molecule has 0 radical (unpaired) electrons. The number of nitrogens with two attached hydrogens (primary N) is 1. The summed E-state index contributed by atoms with van der Waals surface area (Å²) in [6.45, 7) is 2.13. The van der Waals surface area contributed by atoms with Gasteiger partial charge in [-0.3, -0.25) is 4.79 Å². The number of nitrogen functional groups attached to an aromatic ring is 1. The van der Waals surface area contributed by atoms with E-state index in [1.807, 2.05) is 0 Å². The summed E-state index contributed by atoms with van der Waals surface area (Å²) in [7, 11) is 1.66. The molecule has 0 saturated heterocycles. The van der Waals surface area contributed by atoms with Crippen LogP contribution in [0.2, 0.25) is 5.02 Å². The number of hydrogen-bond donors (Lipinski definition) is 1. The maximum atomic E-state index is 12.3. The summed E-state index contributed by atoms with van der Waals surface area (Å²) in [5, 5.41) is 4.18. The summed E-state index contributed by atoms with van der Waals surface area (Å²) in [4.78, 5) is 13.8. The molecule has 1 heterocycles. The van der Waals surface area contributed by atoms with Gasteiger partial charge in [0.15, 0.2) is 0 Å². The van der Waals surface area contributed by atoms with Crippen molar-refractivity contribution in [3.05, 3.63) is 46.3 Å². The first kappa shape index (κ1) is 13.4. The van der Waals surface area contributed by atoms with Crippen LogP contribution in [0.4, 0.5) is 5.69 Å². The van der Waals surface area contributed by atoms with Crippen LogP contribution in [-0.2, 0) is 6.54 Å². The molecule has 0 saturated carbocycles. The third-order valence-corrected chi connectivity index (χ3v) is 3.00. The van der Waals surface area contributed by atoms with Crippen molar-refractivity contribution in [2.24, 2.45) is 0 Å². The van der Waals surface area contributed by atoms with E-state index >= 15 is 0 Å². The van der Waals surface area contributed by atoms with Crippen molar-refractivity contribution in [1.29, 1.82) is 0 Å². The van der Waals surface area contributed by atoms with E-state index in [9.17, 15) is 4.79 Å². The number of carbonyl (C=O) groups is 1. The fraction of sp³-hybridized carbons (Fsp3) is 0.231. The molecule has 0 aliphatic carbocycles. The van der Waals surface area contributed by atoms with Crippen LogP contribution in [0, 0.1) is 6.92 Å². The minimum Gasteiger partial charge on any atom is -0.398 e. The predicted molar refractivity (Wildman–Crippen MR) is 72.9 cm³/mol. The van der Waals surface area contributed by atoms with E-state index in [4.69, 9.17) is 21.9 Å². The minimum atomic E-state index is -0.247. The van der Waals surface area contributed by atoms with Crippen molar-refractivity contribution in [1.82, 2.24) is 10.1 Å². The molecule has 1 aromatic heterocycles. The number of rotatable bonds is 3. The maximum absolute atomic E-state index is 12.3. The SMILES string of the molecule is Cc1cc(CN(C)C(=O)c2c(N)cccc2Cl)no1. The maximum Gasteiger partial charge on any atom is 0.257 e. The van der Waals surface area contributed by atoms with Crippen LogP contribution in [-0.4, -0.2) is 23.0 Å². The van der Waals surface area contributed by atoms with E-state index in [1.54, 1.807) is 38.2 Å². The van der Waals surface area contributed by atoms with E-state index in [0.717, 1.165) is 0 Å². The Bertz CT molecular complexity index is 589. The van der Waals surface area contributed by atoms with Crippen LogP contribution in [0.3, 0.4) is 0 Å². The predicted octanol–water partition coefficient (Wildman–Crippen LogP) is 2.49. The molecule has 1 aromatic carbocycles. The number of aryl methyl sites for hydroxylation is 1. The van der Waals surface area contributed by atoms with Gasteiger partial charge < -0.3 is 15.2 Å². The highest BCUT2D eigenvalue weighted by Crippen LogP contribution is 2.23. The van der Waals surface area contributed by atoms with Crippen molar-refractivity contribution < 1.29 is 9.32 Å². The number of benzene rings is 1. The fourth-order valence-corrected chi connectivity index (χ4v) is 2.03. The zero-order chi connectivity index (χ0) is 14.0. The number of hydrogen-bond acceptors (Lipinski definition) is 4. The van der Waals surface area contributed by atoms with E-state index in [0.29, 0.717) is 34.3 Å². The van der Waals surface area contributed by atoms with E-state index in [2.05, 4.69) is 5.16 Å². The highest BCUT2D eigenvalue weighted by Gasteiger charge is 2.19. The quantitative estimate of drug-likeness (QED) is 0.876. The molecule has 19 heavy (non-hydrogen) atoms. The summed E-state index contributed by atoms with van der Waals surface area (Å²) in [6.07, 6.45) is 0. The summed E-state index contributed by atoms with van der Waals surface area (Å²) in [5.41, 5.74) is 7.14. The summed E-state index contributed by atoms with van der Waals surface area (Å²) < 4.78 is 4.96. The number of aromatic nitrogens is 1. The molecular weight excluding hydrogens is 266 g/mol. The molecule has 5 nitrogen and oxygen atoms in total. The largest absolute Gasteiger partial charge is 0.398 e. The van der Waals surface area contributed by atoms with Gasteiger partial charge >= 0.3 is 0 Å². The molecule has 0 fully saturated rings. The van der Waals surface area contributed by atoms with Crippen LogP contribution in [0.1, 0.15) is 21.8 Å². The van der Waals surface area contributed by atoms with Crippen LogP contribution < -0.4 is 5.73 Å². The van der Waals surface area contributed by atoms with Gasteiger partial charge in [0.05, 0.1) is 17.1 Å². The van der Waals surface area contributed by atoms with Gasteiger partial charge in [0, 0.05) is 18.8 Å². The van der Waals surface area contributed by atoms with Crippen LogP contribution >= 0.6 is 11.6 Å². The number of amides is 1. The van der Waals surface area contributed by atoms with Gasteiger partial charge in [0.2, 0.25) is 0 Å². The summed E-state index contributed by atoms with van der Waals surface area (Å²) in [5.74, 6) is 0.455. The Balaban J connectivity index is 2.19. The Hall–Kier alpha value is -2.01. The van der Waals surface area contributed by atoms with E-state index in [-0.39, 0.29) is 5.91 Å². The van der Waals surface area contributed by atoms with Gasteiger partial charge in [0.25, 0.3) is 5.91 Å². The normalized spacial score (nSPS) is 10.5. The monoisotopic (exact) mass is 279 g/mol. The molecular formula is C13H14ClN3O2. The highest BCUT2D eigenvalue weighted by atomic mass is 35.5. The Morgan fingerprint density at radius 3 is 2.84 bits per heavy atom. The summed E-state index contributed by atoms with van der Waals surface area (Å²) in [6, 6.07) is 6.77. The van der Waals surface area contributed by atoms with E-state index in [1.165, 1.54) is 4.90 Å². The van der Waals surface area contributed by atoms with Gasteiger partial charge in [-0.05, 0) is 19.1 Å². The second-order valence-electron chi connectivity index (χ2n) is 4.29. The Morgan fingerprint density at radius 1 is 1.53 bits per heavy atom. The third kappa shape index (κ3) is 2.88. The Morgan fingerprint density at radius 2 is 2.26 bits per heavy atom. The van der Waals surface area contributed by atoms with Crippen molar-refractivity contribution in [2.45, 2.75) is 13.5 Å². The van der Waals surface area contributed by atoms with E-state index < -0.39 is 0 Å². The Kier molecular flexibility index (Phi) is 3.76. The van der Waals surface area contributed by atoms with Gasteiger partial charge in [-0.2, -0.15) is 0 Å². The zero-order valence-electron chi connectivity index (χ0n) is 10.7. The first-order chi connectivity index (χ1) is 8.99. The lowest BCUT2D eigenvalue weighted by Gasteiger charge is -2.17. The summed E-state index contributed by atoms with van der Waals surface area (Å²) >= 11 is 6.01. The van der Waals surface area contributed by atoms with Crippen molar-refractivity contribution >= 4 is 23.2 Å². The number of nitrogens with zero attached hydrogens (tertiary/aromatic N) is 2. The highest BCUT2D eigenvalue weighted by molar-refractivity contribution is 6.34. The van der Waals surface area contributed by atoms with Crippen molar-refractivity contribution in [3.63, 3.8) is 0 Å². The number of halogens is 1. The standard InChI is InChI=1S/C13H14ClN3O2/c1-8-6-9(16-19-8)7-17(2)13(18)12-10(14)4-3-5-11(12)15/h3-6H,7,15H2,1-2H3. The average Bonchev–Trinajstić information content (AvgIpc) is 2.74. The molecule has 0 aliphatic heterocycles. The lowest BCUT2D eigenvalue weighted by Crippen LogP contribution is -2.27. The molecule has 0 atom stereocenters. The third-order valence-electron chi connectivity index (χ3n) is 2.68. The molecule has 2 aromatic rings. The van der Waals surface area contributed by atoms with Gasteiger partial charge in [-0.25, -0.2) is 0 Å². The fourth-order valence-electron chi connectivity index (χ4n) is 1.76. The second kappa shape index (κ2) is 5.32. The zero-order valence-corrected chi connectivity index (χ0v) is 11.4. The molecule has 0 bridgehead atoms. The average molecular weight is 280 g/mol. The van der Waals surface area contributed by atoms with Gasteiger partial charge in [-0.15, -0.1) is 0 Å². The first-order valence-electron chi connectivity index (χ1n) is 5.70. The Labute approximate surface area is 115 Å². The van der Waals surface area contributed by atoms with Crippen molar-refractivity contribution in [3.8, 4) is 0 Å². The molecule has 2 N–H and O–H groups in total. The minimum absolute atomic E-state index is 0.247. The van der Waals surface area contributed by atoms with Crippen LogP contribution in [0.15, 0.2) is 28.8 Å². The molecule has 0 spiro atoms.